The number of nitrogens with one attached hydrogen (secondary N) is 1. The van der Waals surface area contributed by atoms with E-state index in [2.05, 4.69) is 33.4 Å². The van der Waals surface area contributed by atoms with E-state index in [0.29, 0.717) is 49.3 Å². The van der Waals surface area contributed by atoms with E-state index in [4.69, 9.17) is 16.6 Å². The van der Waals surface area contributed by atoms with Crippen molar-refractivity contribution in [2.24, 2.45) is 16.0 Å². The molecule has 0 amide bonds. The highest BCUT2D eigenvalue weighted by Gasteiger charge is 2.42. The first kappa shape index (κ1) is 32.8. The predicted molar refractivity (Wildman–Crippen MR) is 174 cm³/mol. The summed E-state index contributed by atoms with van der Waals surface area (Å²) in [5, 5.41) is 12.0. The van der Waals surface area contributed by atoms with Gasteiger partial charge in [-0.05, 0) is 62.3 Å². The van der Waals surface area contributed by atoms with Gasteiger partial charge in [-0.25, -0.2) is 17.6 Å². The maximum absolute atomic E-state index is 14.4. The van der Waals surface area contributed by atoms with Gasteiger partial charge in [0.1, 0.15) is 17.7 Å². The molecule has 2 unspecified atom stereocenters. The fraction of sp³-hybridized carbons (Fsp3) is 0.515. The average Bonchev–Trinajstić information content (AvgIpc) is 3.65. The minimum Gasteiger partial charge on any atom is -0.332 e. The first-order valence-electron chi connectivity index (χ1n) is 15.3. The van der Waals surface area contributed by atoms with Crippen molar-refractivity contribution in [2.75, 3.05) is 26.2 Å². The SMILES string of the molecule is C=C(CCNC[C@H]1CC2=C(C3=NN(C(C)F)CC=C3)[C@H](c3ccc(F)cc3Cl)N=C(C3CC=CS3)N2C1)CC(F)(F)CCC. The number of halogens is 5. The van der Waals surface area contributed by atoms with E-state index in [0.717, 1.165) is 36.5 Å². The van der Waals surface area contributed by atoms with Crippen molar-refractivity contribution < 1.29 is 17.6 Å². The molecule has 0 bridgehead atoms. The van der Waals surface area contributed by atoms with Crippen LogP contribution in [0.3, 0.4) is 0 Å². The Morgan fingerprint density at radius 1 is 1.30 bits per heavy atom. The lowest BCUT2D eigenvalue weighted by molar-refractivity contribution is -0.00820. The molecule has 0 aliphatic carbocycles. The van der Waals surface area contributed by atoms with Gasteiger partial charge in [-0.3, -0.25) is 10.0 Å². The highest BCUT2D eigenvalue weighted by Crippen LogP contribution is 2.45. The zero-order valence-corrected chi connectivity index (χ0v) is 26.8. The number of fused-ring (bicyclic) bond motifs is 1. The largest absolute Gasteiger partial charge is 0.332 e. The van der Waals surface area contributed by atoms with E-state index >= 15 is 0 Å². The van der Waals surface area contributed by atoms with Gasteiger partial charge in [-0.15, -0.1) is 11.8 Å². The van der Waals surface area contributed by atoms with E-state index in [1.807, 2.05) is 12.2 Å². The summed E-state index contributed by atoms with van der Waals surface area (Å²) >= 11 is 8.36. The summed E-state index contributed by atoms with van der Waals surface area (Å²) in [7, 11) is 0. The minimum absolute atomic E-state index is 0.124. The van der Waals surface area contributed by atoms with E-state index in [1.54, 1.807) is 24.8 Å². The molecule has 4 aliphatic rings. The van der Waals surface area contributed by atoms with Crippen molar-refractivity contribution in [3.05, 3.63) is 81.7 Å². The van der Waals surface area contributed by atoms with Crippen molar-refractivity contribution >= 4 is 34.9 Å². The molecule has 0 radical (unpaired) electrons. The van der Waals surface area contributed by atoms with Gasteiger partial charge in [-0.2, -0.15) is 5.10 Å². The van der Waals surface area contributed by atoms with Gasteiger partial charge in [-0.1, -0.05) is 55.3 Å². The molecule has 1 aromatic rings. The maximum atomic E-state index is 14.4. The zero-order valence-electron chi connectivity index (χ0n) is 25.2. The van der Waals surface area contributed by atoms with Crippen LogP contribution in [0.1, 0.15) is 64.0 Å². The number of hydrogen-bond acceptors (Lipinski definition) is 6. The molecule has 0 aromatic heterocycles. The number of amidine groups is 1. The first-order chi connectivity index (χ1) is 21.1. The van der Waals surface area contributed by atoms with Gasteiger partial charge in [0.05, 0.1) is 17.5 Å². The molecule has 4 atom stereocenters. The molecule has 1 saturated heterocycles. The number of rotatable bonds is 13. The molecule has 1 N–H and O–H groups in total. The maximum Gasteiger partial charge on any atom is 0.251 e. The van der Waals surface area contributed by atoms with Crippen LogP contribution in [0.5, 0.6) is 0 Å². The summed E-state index contributed by atoms with van der Waals surface area (Å²) in [5.41, 5.74) is 3.74. The van der Waals surface area contributed by atoms with Gasteiger partial charge >= 0.3 is 0 Å². The summed E-state index contributed by atoms with van der Waals surface area (Å²) < 4.78 is 56.6. The van der Waals surface area contributed by atoms with Crippen LogP contribution in [-0.4, -0.2) is 65.1 Å². The summed E-state index contributed by atoms with van der Waals surface area (Å²) in [5.74, 6) is -1.98. The second-order valence-electron chi connectivity index (χ2n) is 11.9. The normalized spacial score (nSPS) is 24.1. The molecule has 4 aliphatic heterocycles. The lowest BCUT2D eigenvalue weighted by Gasteiger charge is -2.36. The number of nitrogens with zero attached hydrogens (tertiary/aromatic N) is 4. The van der Waals surface area contributed by atoms with Crippen molar-refractivity contribution in [1.82, 2.24) is 15.2 Å². The number of thioether (sulfide) groups is 1. The number of benzene rings is 1. The van der Waals surface area contributed by atoms with E-state index < -0.39 is 24.1 Å². The number of aliphatic imine (C=N–C) groups is 1. The molecule has 0 saturated carbocycles. The van der Waals surface area contributed by atoms with Crippen molar-refractivity contribution in [3.8, 4) is 0 Å². The summed E-state index contributed by atoms with van der Waals surface area (Å²) in [4.78, 5) is 7.56. The molecule has 0 spiro atoms. The van der Waals surface area contributed by atoms with Gasteiger partial charge in [0, 0.05) is 47.8 Å². The Balaban J connectivity index is 1.42. The molecule has 1 fully saturated rings. The average molecular weight is 650 g/mol. The molecule has 5 nitrogen and oxygen atoms in total. The fourth-order valence-electron chi connectivity index (χ4n) is 6.24. The molecular weight excluding hydrogens is 610 g/mol. The van der Waals surface area contributed by atoms with Crippen LogP contribution in [0.2, 0.25) is 5.02 Å². The molecule has 44 heavy (non-hydrogen) atoms. The monoisotopic (exact) mass is 649 g/mol. The molecular formula is C33H40ClF4N5S. The third-order valence-corrected chi connectivity index (χ3v) is 9.72. The first-order valence-corrected chi connectivity index (χ1v) is 16.6. The number of alkyl halides is 3. The topological polar surface area (TPSA) is 43.2 Å². The molecule has 238 valence electrons. The minimum atomic E-state index is -2.71. The second kappa shape index (κ2) is 14.3. The Kier molecular flexibility index (Phi) is 10.6. The third kappa shape index (κ3) is 7.62. The molecule has 5 rings (SSSR count). The van der Waals surface area contributed by atoms with Crippen molar-refractivity contribution in [2.45, 2.75) is 75.9 Å². The number of hydrogen-bond donors (Lipinski definition) is 1. The Hall–Kier alpha value is -2.56. The van der Waals surface area contributed by atoms with Crippen LogP contribution in [0.4, 0.5) is 17.6 Å². The second-order valence-corrected chi connectivity index (χ2v) is 13.4. The fourth-order valence-corrected chi connectivity index (χ4v) is 7.46. The number of allylic oxidation sites excluding steroid dienone is 3. The molecule has 11 heteroatoms. The predicted octanol–water partition coefficient (Wildman–Crippen LogP) is 8.43. The van der Waals surface area contributed by atoms with Gasteiger partial charge in [0.25, 0.3) is 5.92 Å². The van der Waals surface area contributed by atoms with Gasteiger partial charge in [0.2, 0.25) is 0 Å². The Morgan fingerprint density at radius 3 is 2.82 bits per heavy atom. The summed E-state index contributed by atoms with van der Waals surface area (Å²) in [6.45, 7) is 9.44. The molecule has 4 heterocycles. The Bertz CT molecular complexity index is 1380. The lowest BCUT2D eigenvalue weighted by atomic mass is 9.89. The van der Waals surface area contributed by atoms with Crippen molar-refractivity contribution in [1.29, 1.82) is 0 Å². The Labute approximate surface area is 266 Å². The summed E-state index contributed by atoms with van der Waals surface area (Å²) in [6, 6.07) is 3.82. The zero-order chi connectivity index (χ0) is 31.4. The highest BCUT2D eigenvalue weighted by atomic mass is 35.5. The third-order valence-electron chi connectivity index (χ3n) is 8.31. The van der Waals surface area contributed by atoms with E-state index in [9.17, 15) is 17.6 Å². The van der Waals surface area contributed by atoms with E-state index in [1.165, 1.54) is 24.1 Å². The highest BCUT2D eigenvalue weighted by molar-refractivity contribution is 8.03. The van der Waals surface area contributed by atoms with Crippen molar-refractivity contribution in [3.63, 3.8) is 0 Å². The van der Waals surface area contributed by atoms with Gasteiger partial charge < -0.3 is 10.2 Å². The lowest BCUT2D eigenvalue weighted by Crippen LogP contribution is -2.40. The smallest absolute Gasteiger partial charge is 0.251 e. The molecule has 1 aromatic carbocycles. The quantitative estimate of drug-likeness (QED) is 0.101. The van der Waals surface area contributed by atoms with E-state index in [-0.39, 0.29) is 29.0 Å². The standard InChI is InChI=1S/C33H40ClF4N5S/c1-4-12-33(37,38)18-21(2)11-13-39-19-23-16-28-30(27-7-5-14-43(41-27)22(3)35)31(25-10-9-24(36)17-26(25)34)40-32(42(28)20-23)29-8-6-15-44-29/h5-7,9-10,15,17,22-23,29,31,39H,2,4,8,11-14,16,18-20H2,1,3H3/t22?,23-,29?,31+/m1/s1. The van der Waals surface area contributed by atoms with Gasteiger partial charge in [0.15, 0.2) is 6.30 Å². The van der Waals surface area contributed by atoms with Crippen LogP contribution >= 0.6 is 23.4 Å². The van der Waals surface area contributed by atoms with Crippen LogP contribution in [0, 0.1) is 11.7 Å². The Morgan fingerprint density at radius 2 is 2.11 bits per heavy atom. The number of hydrazone groups is 1. The van der Waals surface area contributed by atoms with Crippen LogP contribution in [0.15, 0.2) is 75.4 Å². The van der Waals surface area contributed by atoms with Crippen LogP contribution in [0.25, 0.3) is 0 Å². The van der Waals surface area contributed by atoms with Crippen LogP contribution in [-0.2, 0) is 0 Å². The van der Waals surface area contributed by atoms with Crippen LogP contribution < -0.4 is 5.32 Å². The summed E-state index contributed by atoms with van der Waals surface area (Å²) in [6.07, 6.45) is 6.75.